The van der Waals surface area contributed by atoms with E-state index in [2.05, 4.69) is 15.4 Å². The molecule has 7 nitrogen and oxygen atoms in total. The van der Waals surface area contributed by atoms with E-state index in [4.69, 9.17) is 0 Å². The van der Waals surface area contributed by atoms with Crippen LogP contribution in [0.1, 0.15) is 41.0 Å². The lowest BCUT2D eigenvalue weighted by Crippen LogP contribution is -2.48. The molecule has 0 bridgehead atoms. The minimum Gasteiger partial charge on any atom is -0.354 e. The summed E-state index contributed by atoms with van der Waals surface area (Å²) in [5.41, 5.74) is 3.10. The van der Waals surface area contributed by atoms with Gasteiger partial charge in [0, 0.05) is 25.2 Å². The normalized spacial score (nSPS) is 17.0. The van der Waals surface area contributed by atoms with Gasteiger partial charge in [-0.3, -0.25) is 19.3 Å². The van der Waals surface area contributed by atoms with E-state index in [1.165, 1.54) is 0 Å². The van der Waals surface area contributed by atoms with E-state index in [1.807, 2.05) is 44.3 Å². The number of rotatable bonds is 4. The van der Waals surface area contributed by atoms with Crippen molar-refractivity contribution < 1.29 is 9.59 Å². The number of hydrogen-bond donors (Lipinski definition) is 1. The fourth-order valence-corrected chi connectivity index (χ4v) is 3.97. The van der Waals surface area contributed by atoms with E-state index in [0.29, 0.717) is 25.1 Å². The fourth-order valence-electron chi connectivity index (χ4n) is 3.97. The van der Waals surface area contributed by atoms with Gasteiger partial charge in [-0.15, -0.1) is 0 Å². The Labute approximate surface area is 169 Å². The minimum absolute atomic E-state index is 0.0897. The van der Waals surface area contributed by atoms with Gasteiger partial charge in [-0.05, 0) is 44.4 Å². The number of carbonyl (C=O) groups excluding carboxylic acids is 2. The van der Waals surface area contributed by atoms with Crippen molar-refractivity contribution in [1.29, 1.82) is 0 Å². The average Bonchev–Trinajstić information content (AvgIpc) is 2.90. The summed E-state index contributed by atoms with van der Waals surface area (Å²) >= 11 is 0. The standard InChI is InChI=1S/C22H25N5O2/c1-15-13-16(26(2)25-15)14-27(20-9-5-6-11-24-21(20)28)22(29)18-10-12-23-19-8-4-3-7-17(18)19/h3-4,7-8,10,12-13,20H,5-6,9,11,14H2,1-2H3,(H,24,28)/t20-/m0/s1. The van der Waals surface area contributed by atoms with Gasteiger partial charge in [-0.1, -0.05) is 18.2 Å². The Hall–Kier alpha value is -3.22. The first-order valence-corrected chi connectivity index (χ1v) is 9.96. The first-order valence-electron chi connectivity index (χ1n) is 9.96. The van der Waals surface area contributed by atoms with Gasteiger partial charge < -0.3 is 10.2 Å². The number of benzene rings is 1. The molecule has 7 heteroatoms. The van der Waals surface area contributed by atoms with Crippen molar-refractivity contribution in [2.45, 2.75) is 38.8 Å². The number of para-hydroxylation sites is 1. The summed E-state index contributed by atoms with van der Waals surface area (Å²) < 4.78 is 1.77. The first kappa shape index (κ1) is 19.1. The summed E-state index contributed by atoms with van der Waals surface area (Å²) in [4.78, 5) is 32.6. The number of hydrogen-bond acceptors (Lipinski definition) is 4. The fraction of sp³-hybridized carbons (Fsp3) is 0.364. The van der Waals surface area contributed by atoms with Gasteiger partial charge in [0.1, 0.15) is 6.04 Å². The number of nitrogens with one attached hydrogen (secondary N) is 1. The highest BCUT2D eigenvalue weighted by atomic mass is 16.2. The lowest BCUT2D eigenvalue weighted by Gasteiger charge is -2.30. The van der Waals surface area contributed by atoms with Crippen LogP contribution in [0.15, 0.2) is 42.6 Å². The highest BCUT2D eigenvalue weighted by molar-refractivity contribution is 6.07. The Balaban J connectivity index is 1.77. The molecular weight excluding hydrogens is 366 g/mol. The Morgan fingerprint density at radius 3 is 2.90 bits per heavy atom. The molecule has 4 rings (SSSR count). The highest BCUT2D eigenvalue weighted by Crippen LogP contribution is 2.23. The molecule has 0 aliphatic carbocycles. The van der Waals surface area contributed by atoms with Crippen LogP contribution in [0.5, 0.6) is 0 Å². The minimum atomic E-state index is -0.507. The van der Waals surface area contributed by atoms with Crippen molar-refractivity contribution >= 4 is 22.7 Å². The van der Waals surface area contributed by atoms with E-state index in [1.54, 1.807) is 21.8 Å². The SMILES string of the molecule is Cc1cc(CN(C(=O)c2ccnc3ccccc23)[C@H]2CCCCNC2=O)n(C)n1. The predicted octanol–water partition coefficient (Wildman–Crippen LogP) is 2.59. The van der Waals surface area contributed by atoms with Crippen LogP contribution in [0.25, 0.3) is 10.9 Å². The van der Waals surface area contributed by atoms with Crippen LogP contribution < -0.4 is 5.32 Å². The number of nitrogens with zero attached hydrogens (tertiary/aromatic N) is 4. The third kappa shape index (κ3) is 3.85. The topological polar surface area (TPSA) is 80.1 Å². The number of pyridine rings is 1. The molecule has 0 radical (unpaired) electrons. The molecule has 3 heterocycles. The summed E-state index contributed by atoms with van der Waals surface area (Å²) in [5.74, 6) is -0.252. The van der Waals surface area contributed by atoms with Gasteiger partial charge in [-0.25, -0.2) is 0 Å². The summed E-state index contributed by atoms with van der Waals surface area (Å²) in [6.45, 7) is 2.90. The zero-order valence-electron chi connectivity index (χ0n) is 16.8. The Morgan fingerprint density at radius 1 is 1.28 bits per heavy atom. The van der Waals surface area contributed by atoms with Gasteiger partial charge in [0.25, 0.3) is 5.91 Å². The molecule has 0 saturated carbocycles. The zero-order chi connectivity index (χ0) is 20.4. The summed E-state index contributed by atoms with van der Waals surface area (Å²) in [6.07, 6.45) is 4.12. The largest absolute Gasteiger partial charge is 0.354 e. The van der Waals surface area contributed by atoms with E-state index in [-0.39, 0.29) is 11.8 Å². The van der Waals surface area contributed by atoms with Crippen molar-refractivity contribution in [1.82, 2.24) is 25.0 Å². The van der Waals surface area contributed by atoms with Gasteiger partial charge in [0.05, 0.1) is 29.0 Å². The molecule has 1 atom stereocenters. The molecule has 3 aromatic rings. The Bertz CT molecular complexity index is 1050. The molecule has 0 unspecified atom stereocenters. The van der Waals surface area contributed by atoms with E-state index >= 15 is 0 Å². The first-order chi connectivity index (χ1) is 14.0. The van der Waals surface area contributed by atoms with Crippen LogP contribution in [-0.2, 0) is 18.4 Å². The third-order valence-electron chi connectivity index (χ3n) is 5.45. The number of fused-ring (bicyclic) bond motifs is 1. The van der Waals surface area contributed by atoms with E-state index < -0.39 is 6.04 Å². The van der Waals surface area contributed by atoms with Crippen LogP contribution in [0.4, 0.5) is 0 Å². The molecule has 1 N–H and O–H groups in total. The van der Waals surface area contributed by atoms with E-state index in [9.17, 15) is 9.59 Å². The van der Waals surface area contributed by atoms with Crippen molar-refractivity contribution in [3.63, 3.8) is 0 Å². The molecular formula is C22H25N5O2. The van der Waals surface area contributed by atoms with Crippen molar-refractivity contribution in [3.05, 3.63) is 59.5 Å². The highest BCUT2D eigenvalue weighted by Gasteiger charge is 2.32. The van der Waals surface area contributed by atoms with Crippen molar-refractivity contribution in [3.8, 4) is 0 Å². The van der Waals surface area contributed by atoms with Crippen LogP contribution in [0, 0.1) is 6.92 Å². The molecule has 2 amide bonds. The lowest BCUT2D eigenvalue weighted by molar-refractivity contribution is -0.125. The number of aromatic nitrogens is 3. The zero-order valence-corrected chi connectivity index (χ0v) is 16.8. The van der Waals surface area contributed by atoms with Gasteiger partial charge in [0.2, 0.25) is 5.91 Å². The average molecular weight is 391 g/mol. The third-order valence-corrected chi connectivity index (χ3v) is 5.45. The van der Waals surface area contributed by atoms with Crippen LogP contribution in [-0.4, -0.2) is 44.1 Å². The smallest absolute Gasteiger partial charge is 0.255 e. The summed E-state index contributed by atoms with van der Waals surface area (Å²) in [6, 6.07) is 10.8. The number of carbonyl (C=O) groups is 2. The molecule has 150 valence electrons. The molecule has 2 aromatic heterocycles. The maximum Gasteiger partial charge on any atom is 0.255 e. The maximum absolute atomic E-state index is 13.7. The molecule has 1 aliphatic heterocycles. The van der Waals surface area contributed by atoms with E-state index in [0.717, 1.165) is 35.1 Å². The summed E-state index contributed by atoms with van der Waals surface area (Å²) in [5, 5.41) is 8.15. The molecule has 0 spiro atoms. The van der Waals surface area contributed by atoms with Crippen LogP contribution >= 0.6 is 0 Å². The second kappa shape index (κ2) is 8.03. The summed E-state index contributed by atoms with van der Waals surface area (Å²) in [7, 11) is 1.86. The predicted molar refractivity (Wildman–Crippen MR) is 110 cm³/mol. The Kier molecular flexibility index (Phi) is 5.29. The quantitative estimate of drug-likeness (QED) is 0.741. The second-order valence-corrected chi connectivity index (χ2v) is 7.51. The molecule has 1 aliphatic rings. The molecule has 29 heavy (non-hydrogen) atoms. The van der Waals surface area contributed by atoms with Crippen LogP contribution in [0.2, 0.25) is 0 Å². The number of aryl methyl sites for hydroxylation is 2. The molecule has 1 fully saturated rings. The van der Waals surface area contributed by atoms with Gasteiger partial charge in [-0.2, -0.15) is 5.10 Å². The van der Waals surface area contributed by atoms with Crippen molar-refractivity contribution in [2.24, 2.45) is 7.05 Å². The van der Waals surface area contributed by atoms with Gasteiger partial charge in [0.15, 0.2) is 0 Å². The van der Waals surface area contributed by atoms with Crippen LogP contribution in [0.3, 0.4) is 0 Å². The Morgan fingerprint density at radius 2 is 2.10 bits per heavy atom. The molecule has 1 saturated heterocycles. The second-order valence-electron chi connectivity index (χ2n) is 7.51. The van der Waals surface area contributed by atoms with Crippen molar-refractivity contribution in [2.75, 3.05) is 6.54 Å². The monoisotopic (exact) mass is 391 g/mol. The maximum atomic E-state index is 13.7. The number of amides is 2. The van der Waals surface area contributed by atoms with Gasteiger partial charge >= 0.3 is 0 Å². The molecule has 1 aromatic carbocycles. The lowest BCUT2D eigenvalue weighted by atomic mass is 10.0.